The fraction of sp³-hybridized carbons (Fsp3) is 0.542. The van der Waals surface area contributed by atoms with Crippen molar-refractivity contribution in [2.75, 3.05) is 26.2 Å². The second kappa shape index (κ2) is 12.0. The van der Waals surface area contributed by atoms with Gasteiger partial charge < -0.3 is 9.64 Å². The number of rotatable bonds is 5. The molecule has 2 aromatic rings. The Kier molecular flexibility index (Phi) is 9.05. The van der Waals surface area contributed by atoms with Gasteiger partial charge in [0.15, 0.2) is 17.4 Å². The second-order valence-corrected chi connectivity index (χ2v) is 8.14. The monoisotopic (exact) mass is 464 g/mol. The van der Waals surface area contributed by atoms with E-state index < -0.39 is 29.3 Å². The van der Waals surface area contributed by atoms with Gasteiger partial charge in [0.2, 0.25) is 5.91 Å². The number of ether oxygens (including phenoxy) is 1. The van der Waals surface area contributed by atoms with Gasteiger partial charge in [-0.1, -0.05) is 13.8 Å². The molecule has 3 heterocycles. The first-order valence-corrected chi connectivity index (χ1v) is 11.6. The lowest BCUT2D eigenvalue weighted by Crippen LogP contribution is -2.47. The first kappa shape index (κ1) is 25.0. The summed E-state index contributed by atoms with van der Waals surface area (Å²) in [4.78, 5) is 25.1. The summed E-state index contributed by atoms with van der Waals surface area (Å²) in [5, 5.41) is 0. The molecule has 2 saturated heterocycles. The molecule has 0 bridgehead atoms. The molecule has 1 aromatic heterocycles. The van der Waals surface area contributed by atoms with Gasteiger partial charge in [0.1, 0.15) is 18.2 Å². The molecule has 2 fully saturated rings. The lowest BCUT2D eigenvalue weighted by atomic mass is 9.94. The maximum absolute atomic E-state index is 13.8. The van der Waals surface area contributed by atoms with Gasteiger partial charge in [0.05, 0.1) is 0 Å². The number of aromatic nitrogens is 2. The molecule has 1 amide bonds. The third-order valence-electron chi connectivity index (χ3n) is 5.96. The molecule has 0 N–H and O–H groups in total. The molecule has 1 aromatic carbocycles. The van der Waals surface area contributed by atoms with Gasteiger partial charge in [-0.15, -0.1) is 0 Å². The van der Waals surface area contributed by atoms with Crippen LogP contribution in [0.1, 0.15) is 45.1 Å². The molecule has 0 radical (unpaired) electrons. The van der Waals surface area contributed by atoms with E-state index in [9.17, 15) is 18.0 Å². The van der Waals surface area contributed by atoms with Crippen molar-refractivity contribution in [2.45, 2.75) is 52.2 Å². The topological polar surface area (TPSA) is 58.6 Å². The number of benzene rings is 1. The Labute approximate surface area is 192 Å². The molecule has 2 aliphatic rings. The predicted octanol–water partition coefficient (Wildman–Crippen LogP) is 4.20. The van der Waals surface area contributed by atoms with Crippen LogP contribution in [0.25, 0.3) is 0 Å². The summed E-state index contributed by atoms with van der Waals surface area (Å²) in [6.45, 7) is 7.42. The average Bonchev–Trinajstić information content (AvgIpc) is 2.84. The number of hydrogen-bond donors (Lipinski definition) is 0. The van der Waals surface area contributed by atoms with E-state index in [0.717, 1.165) is 38.0 Å². The van der Waals surface area contributed by atoms with Crippen molar-refractivity contribution >= 4 is 5.91 Å². The predicted molar refractivity (Wildman–Crippen MR) is 118 cm³/mol. The number of amides is 1. The molecule has 0 atom stereocenters. The van der Waals surface area contributed by atoms with Gasteiger partial charge in [0, 0.05) is 68.5 Å². The summed E-state index contributed by atoms with van der Waals surface area (Å²) >= 11 is 0. The fourth-order valence-corrected chi connectivity index (χ4v) is 4.27. The molecule has 4 rings (SSSR count). The summed E-state index contributed by atoms with van der Waals surface area (Å²) in [6, 6.07) is 1.21. The Morgan fingerprint density at radius 1 is 0.970 bits per heavy atom. The lowest BCUT2D eigenvalue weighted by Gasteiger charge is -2.37. The molecule has 6 nitrogen and oxygen atoms in total. The highest BCUT2D eigenvalue weighted by molar-refractivity contribution is 5.79. The van der Waals surface area contributed by atoms with Crippen molar-refractivity contribution in [2.24, 2.45) is 5.92 Å². The van der Waals surface area contributed by atoms with Crippen LogP contribution in [0.4, 0.5) is 13.2 Å². The van der Waals surface area contributed by atoms with Crippen LogP contribution in [0.3, 0.4) is 0 Å². The van der Waals surface area contributed by atoms with E-state index in [-0.39, 0.29) is 11.8 Å². The van der Waals surface area contributed by atoms with Crippen molar-refractivity contribution in [3.05, 3.63) is 53.9 Å². The van der Waals surface area contributed by atoms with Gasteiger partial charge in [-0.3, -0.25) is 9.69 Å². The summed E-state index contributed by atoms with van der Waals surface area (Å²) < 4.78 is 46.1. The number of carbonyl (C=O) groups is 1. The summed E-state index contributed by atoms with van der Waals surface area (Å²) in [7, 11) is 0. The minimum absolute atomic E-state index is 0.00673. The smallest absolute Gasteiger partial charge is 0.225 e. The zero-order valence-electron chi connectivity index (χ0n) is 19.1. The van der Waals surface area contributed by atoms with Crippen molar-refractivity contribution < 1.29 is 22.7 Å². The maximum Gasteiger partial charge on any atom is 0.225 e. The van der Waals surface area contributed by atoms with Crippen molar-refractivity contribution in [3.63, 3.8) is 0 Å². The number of piperidine rings is 2. The fourth-order valence-electron chi connectivity index (χ4n) is 4.27. The first-order chi connectivity index (χ1) is 16.0. The minimum atomic E-state index is -1.05. The third-order valence-corrected chi connectivity index (χ3v) is 5.96. The summed E-state index contributed by atoms with van der Waals surface area (Å²) in [6.07, 6.45) is 7.27. The number of nitrogens with zero attached hydrogens (tertiary/aromatic N) is 4. The van der Waals surface area contributed by atoms with Gasteiger partial charge in [-0.25, -0.2) is 23.1 Å². The maximum atomic E-state index is 13.8. The van der Waals surface area contributed by atoms with Crippen LogP contribution in [-0.4, -0.2) is 58.0 Å². The quantitative estimate of drug-likeness (QED) is 0.664. The molecular weight excluding hydrogens is 433 g/mol. The Bertz CT molecular complexity index is 877. The van der Waals surface area contributed by atoms with Gasteiger partial charge in [0.25, 0.3) is 0 Å². The zero-order valence-corrected chi connectivity index (χ0v) is 19.1. The number of carbonyl (C=O) groups excluding carboxylic acids is 1. The highest BCUT2D eigenvalue weighted by atomic mass is 19.1. The Morgan fingerprint density at radius 2 is 1.55 bits per heavy atom. The molecule has 9 heteroatoms. The van der Waals surface area contributed by atoms with Crippen LogP contribution >= 0.6 is 0 Å². The molecular formula is C24H31F3N4O2. The van der Waals surface area contributed by atoms with E-state index in [1.54, 1.807) is 12.4 Å². The molecule has 0 saturated carbocycles. The van der Waals surface area contributed by atoms with Crippen LogP contribution in [-0.2, 0) is 11.3 Å². The van der Waals surface area contributed by atoms with Crippen molar-refractivity contribution in [3.8, 4) is 5.75 Å². The molecule has 33 heavy (non-hydrogen) atoms. The number of halogens is 3. The molecule has 2 aliphatic heterocycles. The Morgan fingerprint density at radius 3 is 2.12 bits per heavy atom. The van der Waals surface area contributed by atoms with Gasteiger partial charge >= 0.3 is 0 Å². The van der Waals surface area contributed by atoms with E-state index in [1.807, 2.05) is 18.7 Å². The van der Waals surface area contributed by atoms with Crippen LogP contribution in [0.5, 0.6) is 5.75 Å². The van der Waals surface area contributed by atoms with E-state index in [2.05, 4.69) is 14.9 Å². The number of likely N-dealkylation sites (tertiary alicyclic amines) is 2. The average molecular weight is 465 g/mol. The largest absolute Gasteiger partial charge is 0.484 e. The van der Waals surface area contributed by atoms with Crippen molar-refractivity contribution in [1.29, 1.82) is 0 Å². The van der Waals surface area contributed by atoms with Gasteiger partial charge in [-0.2, -0.15) is 0 Å². The molecule has 0 unspecified atom stereocenters. The minimum Gasteiger partial charge on any atom is -0.484 e. The van der Waals surface area contributed by atoms with E-state index in [1.165, 1.54) is 6.33 Å². The lowest BCUT2D eigenvalue weighted by molar-refractivity contribution is -0.139. The first-order valence-electron chi connectivity index (χ1n) is 11.6. The Hall–Kier alpha value is -2.68. The van der Waals surface area contributed by atoms with Crippen LogP contribution in [0.15, 0.2) is 30.9 Å². The van der Waals surface area contributed by atoms with E-state index in [0.29, 0.717) is 38.1 Å². The van der Waals surface area contributed by atoms with Crippen LogP contribution in [0, 0.1) is 23.4 Å². The Balaban J connectivity index is 0.00000149. The third kappa shape index (κ3) is 6.66. The number of hydrogen-bond acceptors (Lipinski definition) is 5. The van der Waals surface area contributed by atoms with Crippen molar-refractivity contribution in [1.82, 2.24) is 19.8 Å². The molecule has 180 valence electrons. The standard InChI is InChI=1S/C22H25F3N4O2.C2H6/c23-17-9-19(24)21(20(25)10-17)31-18-3-7-29(8-4-18)22(30)16-1-5-28(6-2-16)13-15-11-26-14-27-12-15;1-2/h9-12,14,16,18H,1-8,13H2;1-2H3. The SMILES string of the molecule is CC.O=C(C1CCN(Cc2cncnc2)CC1)N1CCC(Oc2c(F)cc(F)cc2F)CC1. The summed E-state index contributed by atoms with van der Waals surface area (Å²) in [5.41, 5.74) is 1.06. The highest BCUT2D eigenvalue weighted by Gasteiger charge is 2.32. The van der Waals surface area contributed by atoms with E-state index in [4.69, 9.17) is 4.74 Å². The van der Waals surface area contributed by atoms with Crippen LogP contribution in [0.2, 0.25) is 0 Å². The molecule has 0 spiro atoms. The van der Waals surface area contributed by atoms with Gasteiger partial charge in [-0.05, 0) is 25.9 Å². The summed E-state index contributed by atoms with van der Waals surface area (Å²) in [5.74, 6) is -3.50. The molecule has 0 aliphatic carbocycles. The second-order valence-electron chi connectivity index (χ2n) is 8.14. The highest BCUT2D eigenvalue weighted by Crippen LogP contribution is 2.28. The zero-order chi connectivity index (χ0) is 23.8. The normalized spacial score (nSPS) is 17.9. The van der Waals surface area contributed by atoms with Crippen LogP contribution < -0.4 is 4.74 Å². The van der Waals surface area contributed by atoms with E-state index >= 15 is 0 Å².